The van der Waals surface area contributed by atoms with E-state index in [9.17, 15) is 4.79 Å². The molecular formula is C25H28N2O2. The number of nitrogens with zero attached hydrogens (tertiary/aromatic N) is 1. The van der Waals surface area contributed by atoms with E-state index in [-0.39, 0.29) is 5.91 Å². The summed E-state index contributed by atoms with van der Waals surface area (Å²) in [6, 6.07) is 23.3. The Morgan fingerprint density at radius 2 is 1.86 bits per heavy atom. The van der Waals surface area contributed by atoms with E-state index in [0.717, 1.165) is 31.6 Å². The van der Waals surface area contributed by atoms with Crippen LogP contribution in [-0.2, 0) is 11.2 Å². The van der Waals surface area contributed by atoms with E-state index in [1.807, 2.05) is 24.3 Å². The van der Waals surface area contributed by atoms with Crippen LogP contribution in [-0.4, -0.2) is 37.6 Å². The first-order chi connectivity index (χ1) is 14.2. The van der Waals surface area contributed by atoms with Crippen molar-refractivity contribution in [1.82, 2.24) is 10.2 Å². The molecule has 1 N–H and O–H groups in total. The number of likely N-dealkylation sites (tertiary alicyclic amines) is 1. The van der Waals surface area contributed by atoms with Crippen molar-refractivity contribution in [1.29, 1.82) is 0 Å². The molecule has 1 amide bonds. The molecule has 1 aliphatic heterocycles. The van der Waals surface area contributed by atoms with Gasteiger partial charge in [-0.2, -0.15) is 0 Å². The Morgan fingerprint density at radius 3 is 2.69 bits per heavy atom. The molecule has 1 aliphatic rings. The van der Waals surface area contributed by atoms with Gasteiger partial charge in [0.1, 0.15) is 5.75 Å². The number of fused-ring (bicyclic) bond motifs is 1. The molecule has 1 unspecified atom stereocenters. The Morgan fingerprint density at radius 1 is 1.07 bits per heavy atom. The highest BCUT2D eigenvalue weighted by Crippen LogP contribution is 2.35. The molecule has 1 fully saturated rings. The SMILES string of the molecule is COc1ccc(CCNC(=O)CN2CCCC2c2cccc3ccccc23)cc1. The van der Waals surface area contributed by atoms with E-state index < -0.39 is 0 Å². The molecule has 4 heteroatoms. The van der Waals surface area contributed by atoms with Crippen LogP contribution in [0.2, 0.25) is 0 Å². The van der Waals surface area contributed by atoms with E-state index in [1.54, 1.807) is 7.11 Å². The molecule has 0 spiro atoms. The molecule has 4 rings (SSSR count). The molecule has 0 saturated carbocycles. The van der Waals surface area contributed by atoms with Crippen molar-refractivity contribution in [3.63, 3.8) is 0 Å². The average Bonchev–Trinajstić information content (AvgIpc) is 3.21. The summed E-state index contributed by atoms with van der Waals surface area (Å²) in [6.07, 6.45) is 3.06. The Bertz CT molecular complexity index is 963. The normalized spacial score (nSPS) is 16.8. The van der Waals surface area contributed by atoms with Crippen LogP contribution in [0.1, 0.15) is 30.0 Å². The Labute approximate surface area is 172 Å². The van der Waals surface area contributed by atoms with Crippen LogP contribution in [0.5, 0.6) is 5.75 Å². The molecule has 0 aromatic heterocycles. The van der Waals surface area contributed by atoms with E-state index in [0.29, 0.717) is 19.1 Å². The summed E-state index contributed by atoms with van der Waals surface area (Å²) < 4.78 is 5.18. The fourth-order valence-electron chi connectivity index (χ4n) is 4.29. The first-order valence-corrected chi connectivity index (χ1v) is 10.4. The molecular weight excluding hydrogens is 360 g/mol. The van der Waals surface area contributed by atoms with Crippen molar-refractivity contribution in [2.75, 3.05) is 26.7 Å². The van der Waals surface area contributed by atoms with Crippen LogP contribution < -0.4 is 10.1 Å². The monoisotopic (exact) mass is 388 g/mol. The largest absolute Gasteiger partial charge is 0.497 e. The van der Waals surface area contributed by atoms with Gasteiger partial charge >= 0.3 is 0 Å². The number of carbonyl (C=O) groups is 1. The number of ether oxygens (including phenoxy) is 1. The predicted octanol–water partition coefficient (Wildman–Crippen LogP) is 4.34. The maximum absolute atomic E-state index is 12.6. The highest BCUT2D eigenvalue weighted by Gasteiger charge is 2.28. The van der Waals surface area contributed by atoms with Crippen molar-refractivity contribution >= 4 is 16.7 Å². The second-order valence-electron chi connectivity index (χ2n) is 7.64. The zero-order chi connectivity index (χ0) is 20.1. The Balaban J connectivity index is 1.35. The molecule has 29 heavy (non-hydrogen) atoms. The van der Waals surface area contributed by atoms with Crippen LogP contribution >= 0.6 is 0 Å². The quantitative estimate of drug-likeness (QED) is 0.654. The standard InChI is InChI=1S/C25H28N2O2/c1-29-21-13-11-19(12-14-21)15-16-26-25(28)18-27-17-5-10-24(27)23-9-4-7-20-6-2-3-8-22(20)23/h2-4,6-9,11-14,24H,5,10,15-18H2,1H3,(H,26,28). The summed E-state index contributed by atoms with van der Waals surface area (Å²) in [5, 5.41) is 5.65. The average molecular weight is 389 g/mol. The van der Waals surface area contributed by atoms with E-state index in [2.05, 4.69) is 52.7 Å². The molecule has 1 saturated heterocycles. The number of hydrogen-bond donors (Lipinski definition) is 1. The van der Waals surface area contributed by atoms with Crippen LogP contribution in [0, 0.1) is 0 Å². The predicted molar refractivity (Wildman–Crippen MR) is 117 cm³/mol. The topological polar surface area (TPSA) is 41.6 Å². The zero-order valence-electron chi connectivity index (χ0n) is 16.9. The van der Waals surface area contributed by atoms with Crippen molar-refractivity contribution in [3.8, 4) is 5.75 Å². The fraction of sp³-hybridized carbons (Fsp3) is 0.320. The minimum atomic E-state index is 0.102. The first kappa shape index (κ1) is 19.5. The van der Waals surface area contributed by atoms with E-state index >= 15 is 0 Å². The number of benzene rings is 3. The third-order valence-electron chi connectivity index (χ3n) is 5.79. The van der Waals surface area contributed by atoms with Gasteiger partial charge in [-0.05, 0) is 59.8 Å². The highest BCUT2D eigenvalue weighted by atomic mass is 16.5. The summed E-state index contributed by atoms with van der Waals surface area (Å²) in [5.74, 6) is 0.956. The lowest BCUT2D eigenvalue weighted by Crippen LogP contribution is -2.37. The number of carbonyl (C=O) groups excluding carboxylic acids is 1. The third kappa shape index (κ3) is 4.60. The number of rotatable bonds is 7. The lowest BCUT2D eigenvalue weighted by molar-refractivity contribution is -0.122. The first-order valence-electron chi connectivity index (χ1n) is 10.4. The van der Waals surface area contributed by atoms with Gasteiger partial charge in [0.05, 0.1) is 13.7 Å². The summed E-state index contributed by atoms with van der Waals surface area (Å²) in [4.78, 5) is 14.9. The second kappa shape index (κ2) is 9.10. The molecule has 3 aromatic rings. The zero-order valence-corrected chi connectivity index (χ0v) is 16.9. The second-order valence-corrected chi connectivity index (χ2v) is 7.64. The van der Waals surface area contributed by atoms with Gasteiger partial charge < -0.3 is 10.1 Å². The van der Waals surface area contributed by atoms with Gasteiger partial charge in [-0.3, -0.25) is 9.69 Å². The molecule has 1 atom stereocenters. The minimum absolute atomic E-state index is 0.102. The van der Waals surface area contributed by atoms with Crippen molar-refractivity contribution in [3.05, 3.63) is 77.9 Å². The van der Waals surface area contributed by atoms with Gasteiger partial charge in [0, 0.05) is 12.6 Å². The lowest BCUT2D eigenvalue weighted by Gasteiger charge is -2.25. The number of methoxy groups -OCH3 is 1. The molecule has 150 valence electrons. The number of nitrogens with one attached hydrogen (secondary N) is 1. The number of amides is 1. The summed E-state index contributed by atoms with van der Waals surface area (Å²) in [7, 11) is 1.67. The van der Waals surface area contributed by atoms with Gasteiger partial charge in [0.25, 0.3) is 0 Å². The third-order valence-corrected chi connectivity index (χ3v) is 5.79. The van der Waals surface area contributed by atoms with Crippen molar-refractivity contribution in [2.24, 2.45) is 0 Å². The smallest absolute Gasteiger partial charge is 0.234 e. The molecule has 1 heterocycles. The molecule has 4 nitrogen and oxygen atoms in total. The summed E-state index contributed by atoms with van der Waals surface area (Å²) >= 11 is 0. The van der Waals surface area contributed by atoms with Gasteiger partial charge in [0.15, 0.2) is 0 Å². The van der Waals surface area contributed by atoms with Crippen LogP contribution in [0.4, 0.5) is 0 Å². The minimum Gasteiger partial charge on any atom is -0.497 e. The summed E-state index contributed by atoms with van der Waals surface area (Å²) in [6.45, 7) is 2.08. The van der Waals surface area contributed by atoms with E-state index in [1.165, 1.54) is 21.9 Å². The van der Waals surface area contributed by atoms with Crippen molar-refractivity contribution in [2.45, 2.75) is 25.3 Å². The van der Waals surface area contributed by atoms with Crippen LogP contribution in [0.3, 0.4) is 0 Å². The van der Waals surface area contributed by atoms with Gasteiger partial charge in [-0.15, -0.1) is 0 Å². The highest BCUT2D eigenvalue weighted by molar-refractivity contribution is 5.86. The van der Waals surface area contributed by atoms with Crippen molar-refractivity contribution < 1.29 is 9.53 Å². The van der Waals surface area contributed by atoms with Crippen LogP contribution in [0.15, 0.2) is 66.7 Å². The molecule has 0 bridgehead atoms. The maximum Gasteiger partial charge on any atom is 0.234 e. The van der Waals surface area contributed by atoms with Crippen LogP contribution in [0.25, 0.3) is 10.8 Å². The maximum atomic E-state index is 12.6. The molecule has 0 radical (unpaired) electrons. The van der Waals surface area contributed by atoms with Gasteiger partial charge in [-0.1, -0.05) is 54.6 Å². The van der Waals surface area contributed by atoms with E-state index in [4.69, 9.17) is 4.74 Å². The number of hydrogen-bond acceptors (Lipinski definition) is 3. The van der Waals surface area contributed by atoms with Gasteiger partial charge in [0.2, 0.25) is 5.91 Å². The lowest BCUT2D eigenvalue weighted by atomic mass is 9.97. The summed E-state index contributed by atoms with van der Waals surface area (Å²) in [5.41, 5.74) is 2.53. The molecule has 3 aromatic carbocycles. The Kier molecular flexibility index (Phi) is 6.11. The molecule has 0 aliphatic carbocycles. The fourth-order valence-corrected chi connectivity index (χ4v) is 4.29. The Hall–Kier alpha value is -2.85. The van der Waals surface area contributed by atoms with Gasteiger partial charge in [-0.25, -0.2) is 0 Å².